The van der Waals surface area contributed by atoms with Crippen molar-refractivity contribution in [2.45, 2.75) is 25.7 Å². The summed E-state index contributed by atoms with van der Waals surface area (Å²) in [5.74, 6) is 0.602. The van der Waals surface area contributed by atoms with Gasteiger partial charge in [-0.2, -0.15) is 0 Å². The third-order valence-electron chi connectivity index (χ3n) is 5.85. The van der Waals surface area contributed by atoms with Gasteiger partial charge in [-0.05, 0) is 71.5 Å². The molecular weight excluding hydrogens is 416 g/mol. The fourth-order valence-electron chi connectivity index (χ4n) is 4.06. The highest BCUT2D eigenvalue weighted by Gasteiger charge is 2.19. The lowest BCUT2D eigenvalue weighted by Gasteiger charge is -2.19. The minimum absolute atomic E-state index is 0.0238. The van der Waals surface area contributed by atoms with Gasteiger partial charge in [0.05, 0.1) is 0 Å². The van der Waals surface area contributed by atoms with Crippen LogP contribution < -0.4 is 0 Å². The molecule has 0 aliphatic carbocycles. The predicted octanol–water partition coefficient (Wildman–Crippen LogP) is 5.18. The first kappa shape index (κ1) is 22.1. The first-order valence-corrected chi connectivity index (χ1v) is 10.8. The summed E-state index contributed by atoms with van der Waals surface area (Å²) >= 11 is 0. The number of aromatic hydroxyl groups is 5. The Labute approximate surface area is 192 Å². The summed E-state index contributed by atoms with van der Waals surface area (Å²) in [5, 5.41) is 50.3. The molecule has 0 aliphatic rings. The third-order valence-corrected chi connectivity index (χ3v) is 5.85. The number of benzene rings is 4. The molecule has 0 atom stereocenters. The molecule has 0 amide bonds. The molecule has 4 rings (SSSR count). The Bertz CT molecular complexity index is 1160. The number of hydrogen-bond acceptors (Lipinski definition) is 5. The molecule has 0 aliphatic heterocycles. The summed E-state index contributed by atoms with van der Waals surface area (Å²) in [6, 6.07) is 22.1. The van der Waals surface area contributed by atoms with Crippen molar-refractivity contribution in [2.24, 2.45) is 0 Å². The quantitative estimate of drug-likeness (QED) is 0.271. The highest BCUT2D eigenvalue weighted by Crippen LogP contribution is 2.36. The first-order valence-electron chi connectivity index (χ1n) is 10.8. The molecule has 0 saturated carbocycles. The molecule has 0 heterocycles. The van der Waals surface area contributed by atoms with Crippen LogP contribution in [-0.2, 0) is 25.7 Å². The number of phenolic OH excluding ortho intramolecular Hbond substituents is 5. The van der Waals surface area contributed by atoms with E-state index in [1.165, 1.54) is 6.07 Å². The summed E-state index contributed by atoms with van der Waals surface area (Å²) < 4.78 is 0. The topological polar surface area (TPSA) is 101 Å². The Kier molecular flexibility index (Phi) is 6.41. The Balaban J connectivity index is 1.74. The summed E-state index contributed by atoms with van der Waals surface area (Å²) in [6.07, 6.45) is 2.13. The second kappa shape index (κ2) is 9.57. The van der Waals surface area contributed by atoms with Gasteiger partial charge in [0, 0.05) is 30.0 Å². The van der Waals surface area contributed by atoms with Gasteiger partial charge in [0.25, 0.3) is 0 Å². The van der Waals surface area contributed by atoms with E-state index in [0.717, 1.165) is 33.4 Å². The summed E-state index contributed by atoms with van der Waals surface area (Å²) in [6.45, 7) is 0. The highest BCUT2D eigenvalue weighted by atomic mass is 16.3. The standard InChI is InChI=1S/C28H26O5/c29-21-8-1-18(2-9-21)7-14-24-25(15-19-3-10-22(30)11-4-19)27(32)17-28(33)26(24)16-20-5-12-23(31)13-6-20/h1-6,8-13,17,29-33H,7,14-16H2. The maximum absolute atomic E-state index is 10.8. The van der Waals surface area contributed by atoms with Crippen molar-refractivity contribution in [3.8, 4) is 28.7 Å². The molecule has 168 valence electrons. The van der Waals surface area contributed by atoms with E-state index in [4.69, 9.17) is 0 Å². The van der Waals surface area contributed by atoms with Crippen LogP contribution in [0.3, 0.4) is 0 Å². The molecule has 0 unspecified atom stereocenters. The SMILES string of the molecule is Oc1ccc(CCc2c(Cc3ccc(O)cc3)c(O)cc(O)c2Cc2ccc(O)cc2)cc1. The number of rotatable bonds is 7. The average molecular weight is 443 g/mol. The van der Waals surface area contributed by atoms with Gasteiger partial charge in [-0.25, -0.2) is 0 Å². The number of aryl methyl sites for hydroxylation is 1. The molecule has 0 saturated heterocycles. The maximum atomic E-state index is 10.8. The molecule has 0 fully saturated rings. The zero-order valence-electron chi connectivity index (χ0n) is 18.1. The minimum atomic E-state index is 0.0238. The van der Waals surface area contributed by atoms with Crippen molar-refractivity contribution >= 4 is 0 Å². The molecule has 5 N–H and O–H groups in total. The van der Waals surface area contributed by atoms with Gasteiger partial charge in [0.1, 0.15) is 28.7 Å². The van der Waals surface area contributed by atoms with Crippen molar-refractivity contribution in [2.75, 3.05) is 0 Å². The Morgan fingerprint density at radius 3 is 1.15 bits per heavy atom. The molecule has 5 nitrogen and oxygen atoms in total. The van der Waals surface area contributed by atoms with E-state index < -0.39 is 0 Å². The largest absolute Gasteiger partial charge is 0.508 e. The van der Waals surface area contributed by atoms with Gasteiger partial charge in [0.15, 0.2) is 0 Å². The molecule has 0 spiro atoms. The normalized spacial score (nSPS) is 10.9. The van der Waals surface area contributed by atoms with E-state index in [1.54, 1.807) is 36.4 Å². The molecule has 5 heteroatoms. The van der Waals surface area contributed by atoms with E-state index in [9.17, 15) is 25.5 Å². The Morgan fingerprint density at radius 1 is 0.394 bits per heavy atom. The fraction of sp³-hybridized carbons (Fsp3) is 0.143. The van der Waals surface area contributed by atoms with Crippen LogP contribution in [0.2, 0.25) is 0 Å². The molecule has 0 aromatic heterocycles. The summed E-state index contributed by atoms with van der Waals surface area (Å²) in [4.78, 5) is 0. The van der Waals surface area contributed by atoms with Crippen LogP contribution in [-0.4, -0.2) is 25.5 Å². The monoisotopic (exact) mass is 442 g/mol. The lowest BCUT2D eigenvalue weighted by molar-refractivity contribution is 0.441. The van der Waals surface area contributed by atoms with Gasteiger partial charge in [-0.15, -0.1) is 0 Å². The third kappa shape index (κ3) is 5.39. The van der Waals surface area contributed by atoms with E-state index in [-0.39, 0.29) is 28.7 Å². The van der Waals surface area contributed by atoms with Crippen LogP contribution in [0.15, 0.2) is 78.9 Å². The molecular formula is C28H26O5. The van der Waals surface area contributed by atoms with Crippen LogP contribution in [0.5, 0.6) is 28.7 Å². The smallest absolute Gasteiger partial charge is 0.123 e. The zero-order valence-corrected chi connectivity index (χ0v) is 18.1. The van der Waals surface area contributed by atoms with E-state index >= 15 is 0 Å². The van der Waals surface area contributed by atoms with E-state index in [0.29, 0.717) is 25.7 Å². The van der Waals surface area contributed by atoms with Crippen molar-refractivity contribution in [3.63, 3.8) is 0 Å². The lowest BCUT2D eigenvalue weighted by Crippen LogP contribution is -2.05. The van der Waals surface area contributed by atoms with Crippen molar-refractivity contribution in [1.82, 2.24) is 0 Å². The van der Waals surface area contributed by atoms with Crippen LogP contribution in [0.25, 0.3) is 0 Å². The maximum Gasteiger partial charge on any atom is 0.123 e. The summed E-state index contributed by atoms with van der Waals surface area (Å²) in [7, 11) is 0. The predicted molar refractivity (Wildman–Crippen MR) is 127 cm³/mol. The van der Waals surface area contributed by atoms with Crippen LogP contribution >= 0.6 is 0 Å². The molecule has 33 heavy (non-hydrogen) atoms. The average Bonchev–Trinajstić information content (AvgIpc) is 2.80. The fourth-order valence-corrected chi connectivity index (χ4v) is 4.06. The van der Waals surface area contributed by atoms with Crippen LogP contribution in [0.4, 0.5) is 0 Å². The number of phenols is 5. The van der Waals surface area contributed by atoms with Gasteiger partial charge in [0.2, 0.25) is 0 Å². The molecule has 0 bridgehead atoms. The van der Waals surface area contributed by atoms with E-state index in [2.05, 4.69) is 0 Å². The number of hydrogen-bond donors (Lipinski definition) is 5. The highest BCUT2D eigenvalue weighted by molar-refractivity contribution is 5.55. The van der Waals surface area contributed by atoms with Crippen LogP contribution in [0, 0.1) is 0 Å². The molecule has 4 aromatic carbocycles. The molecule has 4 aromatic rings. The van der Waals surface area contributed by atoms with E-state index in [1.807, 2.05) is 36.4 Å². The second-order valence-electron chi connectivity index (χ2n) is 8.20. The van der Waals surface area contributed by atoms with Gasteiger partial charge >= 0.3 is 0 Å². The Hall–Kier alpha value is -4.12. The Morgan fingerprint density at radius 2 is 0.758 bits per heavy atom. The minimum Gasteiger partial charge on any atom is -0.508 e. The van der Waals surface area contributed by atoms with Crippen LogP contribution in [0.1, 0.15) is 33.4 Å². The van der Waals surface area contributed by atoms with Gasteiger partial charge in [-0.1, -0.05) is 36.4 Å². The van der Waals surface area contributed by atoms with Gasteiger partial charge in [-0.3, -0.25) is 0 Å². The molecule has 0 radical (unpaired) electrons. The zero-order chi connectivity index (χ0) is 23.4. The summed E-state index contributed by atoms with van der Waals surface area (Å²) in [5.41, 5.74) is 5.20. The van der Waals surface area contributed by atoms with Gasteiger partial charge < -0.3 is 25.5 Å². The second-order valence-corrected chi connectivity index (χ2v) is 8.20. The first-order chi connectivity index (χ1) is 15.9. The lowest BCUT2D eigenvalue weighted by atomic mass is 9.87. The van der Waals surface area contributed by atoms with Crippen molar-refractivity contribution < 1.29 is 25.5 Å². The van der Waals surface area contributed by atoms with Crippen molar-refractivity contribution in [1.29, 1.82) is 0 Å². The van der Waals surface area contributed by atoms with Crippen molar-refractivity contribution in [3.05, 3.63) is 112 Å².